The normalized spacial score (nSPS) is 10.4. The number of carbonyl (C=O) groups excluding carboxylic acids is 2. The monoisotopic (exact) mass is 349 g/mol. The fraction of sp³-hybridized carbons (Fsp3) is 0.150. The van der Waals surface area contributed by atoms with Crippen molar-refractivity contribution in [1.29, 1.82) is 0 Å². The Morgan fingerprint density at radius 1 is 1.04 bits per heavy atom. The fourth-order valence-electron chi connectivity index (χ4n) is 2.39. The van der Waals surface area contributed by atoms with E-state index in [1.807, 2.05) is 32.0 Å². The van der Waals surface area contributed by atoms with Gasteiger partial charge in [0.1, 0.15) is 11.5 Å². The van der Waals surface area contributed by atoms with Crippen LogP contribution in [0.5, 0.6) is 0 Å². The molecule has 2 aromatic heterocycles. The number of benzene rings is 1. The molecule has 0 aliphatic heterocycles. The summed E-state index contributed by atoms with van der Waals surface area (Å²) in [5.41, 5.74) is 3.49. The zero-order valence-corrected chi connectivity index (χ0v) is 14.6. The number of anilines is 1. The lowest BCUT2D eigenvalue weighted by molar-refractivity contribution is 0.0943. The van der Waals surface area contributed by atoms with Crippen LogP contribution in [0.25, 0.3) is 0 Å². The number of nitrogens with zero attached hydrogens (tertiary/aromatic N) is 1. The third kappa shape index (κ3) is 4.16. The third-order valence-corrected chi connectivity index (χ3v) is 4.02. The van der Waals surface area contributed by atoms with Gasteiger partial charge in [-0.15, -0.1) is 0 Å². The maximum atomic E-state index is 12.4. The summed E-state index contributed by atoms with van der Waals surface area (Å²) in [7, 11) is 0. The summed E-state index contributed by atoms with van der Waals surface area (Å²) in [6.45, 7) is 4.25. The van der Waals surface area contributed by atoms with Crippen molar-refractivity contribution in [2.24, 2.45) is 0 Å². The van der Waals surface area contributed by atoms with Crippen LogP contribution in [0, 0.1) is 13.8 Å². The molecule has 3 rings (SSSR count). The summed E-state index contributed by atoms with van der Waals surface area (Å²) in [4.78, 5) is 28.7. The fourth-order valence-corrected chi connectivity index (χ4v) is 2.39. The number of aromatic nitrogens is 1. The Kier molecular flexibility index (Phi) is 5.12. The molecule has 1 aromatic carbocycles. The highest BCUT2D eigenvalue weighted by atomic mass is 16.3. The molecule has 0 atom stereocenters. The van der Waals surface area contributed by atoms with Gasteiger partial charge in [-0.2, -0.15) is 0 Å². The van der Waals surface area contributed by atoms with E-state index < -0.39 is 0 Å². The quantitative estimate of drug-likeness (QED) is 0.739. The van der Waals surface area contributed by atoms with Gasteiger partial charge in [0.25, 0.3) is 11.8 Å². The van der Waals surface area contributed by atoms with Gasteiger partial charge in [-0.25, -0.2) is 0 Å². The largest absolute Gasteiger partial charge is 0.467 e. The van der Waals surface area contributed by atoms with Gasteiger partial charge in [-0.3, -0.25) is 14.6 Å². The van der Waals surface area contributed by atoms with Gasteiger partial charge in [0.05, 0.1) is 12.8 Å². The van der Waals surface area contributed by atoms with Crippen molar-refractivity contribution in [2.45, 2.75) is 20.4 Å². The van der Waals surface area contributed by atoms with Gasteiger partial charge in [-0.05, 0) is 61.4 Å². The van der Waals surface area contributed by atoms with E-state index in [0.717, 1.165) is 11.1 Å². The molecular formula is C20H19N3O3. The number of nitrogens with one attached hydrogen (secondary N) is 2. The van der Waals surface area contributed by atoms with Gasteiger partial charge in [0.2, 0.25) is 0 Å². The second kappa shape index (κ2) is 7.65. The predicted octanol–water partition coefficient (Wildman–Crippen LogP) is 3.47. The topological polar surface area (TPSA) is 84.2 Å². The van der Waals surface area contributed by atoms with Gasteiger partial charge in [0, 0.05) is 17.4 Å². The number of amides is 2. The van der Waals surface area contributed by atoms with Crippen LogP contribution in [-0.2, 0) is 6.54 Å². The molecule has 0 saturated carbocycles. The van der Waals surface area contributed by atoms with E-state index >= 15 is 0 Å². The summed E-state index contributed by atoms with van der Waals surface area (Å²) in [6, 6.07) is 12.3. The Morgan fingerprint density at radius 2 is 1.88 bits per heavy atom. The number of carbonyl (C=O) groups is 2. The van der Waals surface area contributed by atoms with Crippen LogP contribution in [0.4, 0.5) is 5.69 Å². The number of rotatable bonds is 5. The molecule has 2 N–H and O–H groups in total. The van der Waals surface area contributed by atoms with E-state index in [4.69, 9.17) is 4.42 Å². The summed E-state index contributed by atoms with van der Waals surface area (Å²) < 4.78 is 5.17. The molecule has 6 nitrogen and oxygen atoms in total. The first-order chi connectivity index (χ1) is 12.5. The molecular weight excluding hydrogens is 330 g/mol. The summed E-state index contributed by atoms with van der Waals surface area (Å²) in [5, 5.41) is 5.54. The van der Waals surface area contributed by atoms with Crippen molar-refractivity contribution < 1.29 is 14.0 Å². The minimum atomic E-state index is -0.373. The molecule has 0 unspecified atom stereocenters. The molecule has 132 valence electrons. The highest BCUT2D eigenvalue weighted by Gasteiger charge is 2.12. The minimum Gasteiger partial charge on any atom is -0.467 e. The molecule has 3 aromatic rings. The molecule has 0 aliphatic rings. The van der Waals surface area contributed by atoms with Crippen molar-refractivity contribution in [1.82, 2.24) is 10.3 Å². The molecule has 0 bridgehead atoms. The van der Waals surface area contributed by atoms with Gasteiger partial charge in [-0.1, -0.05) is 6.07 Å². The maximum absolute atomic E-state index is 12.4. The smallest absolute Gasteiger partial charge is 0.270 e. The molecule has 26 heavy (non-hydrogen) atoms. The summed E-state index contributed by atoms with van der Waals surface area (Å²) >= 11 is 0. The number of furan rings is 1. The maximum Gasteiger partial charge on any atom is 0.270 e. The molecule has 2 amide bonds. The Morgan fingerprint density at radius 3 is 2.62 bits per heavy atom. The first kappa shape index (κ1) is 17.4. The van der Waals surface area contributed by atoms with E-state index in [1.165, 1.54) is 18.5 Å². The summed E-state index contributed by atoms with van der Waals surface area (Å²) in [6.07, 6.45) is 2.98. The van der Waals surface area contributed by atoms with Crippen molar-refractivity contribution in [3.63, 3.8) is 0 Å². The first-order valence-electron chi connectivity index (χ1n) is 8.18. The van der Waals surface area contributed by atoms with Crippen LogP contribution in [0.1, 0.15) is 37.7 Å². The average Bonchev–Trinajstić information content (AvgIpc) is 3.16. The molecule has 6 heteroatoms. The number of hydrogen-bond acceptors (Lipinski definition) is 4. The van der Waals surface area contributed by atoms with Crippen LogP contribution < -0.4 is 10.6 Å². The lowest BCUT2D eigenvalue weighted by Gasteiger charge is -2.09. The standard InChI is InChI=1S/C20H19N3O3/c1-13-5-6-16(10-14(13)2)23-19(24)15-7-8-21-18(11-15)20(25)22-12-17-4-3-9-26-17/h3-11H,12H2,1-2H3,(H,22,25)(H,23,24). The van der Waals surface area contributed by atoms with E-state index in [0.29, 0.717) is 17.0 Å². The Bertz CT molecular complexity index is 933. The predicted molar refractivity (Wildman–Crippen MR) is 98.0 cm³/mol. The van der Waals surface area contributed by atoms with E-state index in [2.05, 4.69) is 15.6 Å². The third-order valence-electron chi connectivity index (χ3n) is 4.02. The first-order valence-corrected chi connectivity index (χ1v) is 8.18. The second-order valence-electron chi connectivity index (χ2n) is 5.94. The van der Waals surface area contributed by atoms with Crippen LogP contribution in [0.15, 0.2) is 59.3 Å². The minimum absolute atomic E-state index is 0.171. The molecule has 0 fully saturated rings. The SMILES string of the molecule is Cc1ccc(NC(=O)c2ccnc(C(=O)NCc3ccco3)c2)cc1C. The zero-order valence-electron chi connectivity index (χ0n) is 14.6. The van der Waals surface area contributed by atoms with E-state index in [-0.39, 0.29) is 24.1 Å². The zero-order chi connectivity index (χ0) is 18.5. The molecule has 0 saturated heterocycles. The highest BCUT2D eigenvalue weighted by molar-refractivity contribution is 6.05. The Hall–Kier alpha value is -3.41. The Balaban J connectivity index is 1.68. The summed E-state index contributed by atoms with van der Waals surface area (Å²) in [5.74, 6) is -0.0278. The van der Waals surface area contributed by atoms with Crippen molar-refractivity contribution >= 4 is 17.5 Å². The van der Waals surface area contributed by atoms with Crippen molar-refractivity contribution in [3.8, 4) is 0 Å². The van der Waals surface area contributed by atoms with Gasteiger partial charge >= 0.3 is 0 Å². The van der Waals surface area contributed by atoms with E-state index in [1.54, 1.807) is 18.2 Å². The van der Waals surface area contributed by atoms with Crippen molar-refractivity contribution in [2.75, 3.05) is 5.32 Å². The van der Waals surface area contributed by atoms with Crippen molar-refractivity contribution in [3.05, 3.63) is 83.1 Å². The Labute approximate surface area is 151 Å². The lowest BCUT2D eigenvalue weighted by Crippen LogP contribution is -2.24. The molecule has 0 spiro atoms. The molecule has 0 radical (unpaired) electrons. The average molecular weight is 349 g/mol. The van der Waals surface area contributed by atoms with Gasteiger partial charge in [0.15, 0.2) is 0 Å². The number of aryl methyl sites for hydroxylation is 2. The second-order valence-corrected chi connectivity index (χ2v) is 5.94. The molecule has 2 heterocycles. The van der Waals surface area contributed by atoms with Crippen LogP contribution in [0.3, 0.4) is 0 Å². The van der Waals surface area contributed by atoms with Crippen LogP contribution in [-0.4, -0.2) is 16.8 Å². The number of pyridine rings is 1. The van der Waals surface area contributed by atoms with Gasteiger partial charge < -0.3 is 15.1 Å². The lowest BCUT2D eigenvalue weighted by atomic mass is 10.1. The number of hydrogen-bond donors (Lipinski definition) is 2. The van der Waals surface area contributed by atoms with Crippen LogP contribution in [0.2, 0.25) is 0 Å². The van der Waals surface area contributed by atoms with Crippen LogP contribution >= 0.6 is 0 Å². The van der Waals surface area contributed by atoms with E-state index in [9.17, 15) is 9.59 Å². The molecule has 0 aliphatic carbocycles. The highest BCUT2D eigenvalue weighted by Crippen LogP contribution is 2.15.